The molecule has 3 aromatic heterocycles. The summed E-state index contributed by atoms with van der Waals surface area (Å²) in [7, 11) is -0.843. The minimum Gasteiger partial charge on any atom is -0.467 e. The van der Waals surface area contributed by atoms with Gasteiger partial charge in [0.15, 0.2) is 5.65 Å². The van der Waals surface area contributed by atoms with Gasteiger partial charge in [0.2, 0.25) is 0 Å². The number of benzene rings is 1. The lowest BCUT2D eigenvalue weighted by molar-refractivity contribution is 0.0773. The van der Waals surface area contributed by atoms with Crippen molar-refractivity contribution in [1.82, 2.24) is 19.7 Å². The van der Waals surface area contributed by atoms with Gasteiger partial charge >= 0.3 is 0 Å². The molecule has 30 heavy (non-hydrogen) atoms. The van der Waals surface area contributed by atoms with Crippen LogP contribution in [-0.2, 0) is 17.3 Å². The quantitative estimate of drug-likeness (QED) is 0.507. The van der Waals surface area contributed by atoms with Gasteiger partial charge in [-0.25, -0.2) is 9.67 Å². The van der Waals surface area contributed by atoms with Crippen molar-refractivity contribution in [1.29, 1.82) is 0 Å². The Morgan fingerprint density at radius 3 is 2.63 bits per heavy atom. The molecule has 5 rings (SSSR count). The van der Waals surface area contributed by atoms with Crippen molar-refractivity contribution in [2.75, 3.05) is 24.6 Å². The predicted molar refractivity (Wildman–Crippen MR) is 115 cm³/mol. The summed E-state index contributed by atoms with van der Waals surface area (Å²) in [6, 6.07) is 15.3. The molecule has 1 aliphatic heterocycles. The van der Waals surface area contributed by atoms with Gasteiger partial charge < -0.3 is 9.32 Å². The van der Waals surface area contributed by atoms with E-state index in [9.17, 15) is 9.00 Å². The third-order valence-corrected chi connectivity index (χ3v) is 6.54. The van der Waals surface area contributed by atoms with Gasteiger partial charge in [0, 0.05) is 41.0 Å². The molecular weight excluding hydrogens is 400 g/mol. The first kappa shape index (κ1) is 18.7. The minimum absolute atomic E-state index is 0.0752. The van der Waals surface area contributed by atoms with E-state index in [-0.39, 0.29) is 5.91 Å². The highest BCUT2D eigenvalue weighted by molar-refractivity contribution is 7.85. The van der Waals surface area contributed by atoms with Crippen LogP contribution in [0.4, 0.5) is 0 Å². The van der Waals surface area contributed by atoms with E-state index in [1.807, 2.05) is 48.5 Å². The van der Waals surface area contributed by atoms with Crippen molar-refractivity contribution >= 4 is 27.7 Å². The van der Waals surface area contributed by atoms with E-state index in [1.54, 1.807) is 22.0 Å². The number of rotatable bonds is 4. The zero-order valence-electron chi connectivity index (χ0n) is 16.2. The highest BCUT2D eigenvalue weighted by Gasteiger charge is 2.25. The second-order valence-electron chi connectivity index (χ2n) is 7.18. The summed E-state index contributed by atoms with van der Waals surface area (Å²) in [6.45, 7) is 1.42. The van der Waals surface area contributed by atoms with Crippen LogP contribution >= 0.6 is 0 Å². The lowest BCUT2D eigenvalue weighted by Gasteiger charge is -2.26. The standard InChI is InChI=1S/C22H20N4O3S/c27-22(25-8-11-30(28)12-9-25)18-13-20(16-5-2-1-3-6-16)24-21-19(18)14-23-26(21)15-17-7-4-10-29-17/h1-7,10,13-14H,8-9,11-12,15H2. The molecule has 1 amide bonds. The minimum atomic E-state index is -0.843. The number of carbonyl (C=O) groups is 1. The van der Waals surface area contributed by atoms with Crippen LogP contribution in [0.3, 0.4) is 0 Å². The number of nitrogens with zero attached hydrogens (tertiary/aromatic N) is 4. The number of hydrogen-bond donors (Lipinski definition) is 0. The number of aromatic nitrogens is 3. The van der Waals surface area contributed by atoms with E-state index in [0.717, 1.165) is 11.3 Å². The maximum Gasteiger partial charge on any atom is 0.254 e. The van der Waals surface area contributed by atoms with Gasteiger partial charge in [-0.3, -0.25) is 9.00 Å². The molecule has 1 fully saturated rings. The molecule has 7 nitrogen and oxygen atoms in total. The zero-order chi connectivity index (χ0) is 20.5. The molecule has 1 aromatic carbocycles. The molecule has 0 spiro atoms. The fourth-order valence-electron chi connectivity index (χ4n) is 3.66. The molecule has 0 saturated carbocycles. The molecular formula is C22H20N4O3S. The summed E-state index contributed by atoms with van der Waals surface area (Å²) in [5, 5.41) is 5.19. The Morgan fingerprint density at radius 1 is 1.10 bits per heavy atom. The number of pyridine rings is 1. The summed E-state index contributed by atoms with van der Waals surface area (Å²) in [6.07, 6.45) is 3.31. The normalized spacial score (nSPS) is 15.0. The Bertz CT molecular complexity index is 1210. The van der Waals surface area contributed by atoms with Gasteiger partial charge in [-0.2, -0.15) is 5.10 Å². The summed E-state index contributed by atoms with van der Waals surface area (Å²) >= 11 is 0. The molecule has 1 saturated heterocycles. The van der Waals surface area contributed by atoms with Gasteiger partial charge in [0.05, 0.1) is 29.1 Å². The van der Waals surface area contributed by atoms with Crippen molar-refractivity contribution in [3.05, 3.63) is 72.3 Å². The van der Waals surface area contributed by atoms with Crippen LogP contribution < -0.4 is 0 Å². The Morgan fingerprint density at radius 2 is 1.90 bits per heavy atom. The summed E-state index contributed by atoms with van der Waals surface area (Å²) in [5.74, 6) is 1.72. The van der Waals surface area contributed by atoms with Crippen molar-refractivity contribution in [2.24, 2.45) is 0 Å². The molecule has 152 valence electrons. The smallest absolute Gasteiger partial charge is 0.254 e. The van der Waals surface area contributed by atoms with Crippen LogP contribution in [0, 0.1) is 0 Å². The van der Waals surface area contributed by atoms with E-state index >= 15 is 0 Å². The van der Waals surface area contributed by atoms with Crippen LogP contribution in [0.2, 0.25) is 0 Å². The molecule has 4 aromatic rings. The number of fused-ring (bicyclic) bond motifs is 1. The molecule has 0 N–H and O–H groups in total. The molecule has 0 radical (unpaired) electrons. The molecule has 0 bridgehead atoms. The summed E-state index contributed by atoms with van der Waals surface area (Å²) in [5.41, 5.74) is 2.85. The zero-order valence-corrected chi connectivity index (χ0v) is 17.0. The van der Waals surface area contributed by atoms with Gasteiger partial charge in [-0.1, -0.05) is 30.3 Å². The second-order valence-corrected chi connectivity index (χ2v) is 8.88. The van der Waals surface area contributed by atoms with Gasteiger partial charge in [-0.05, 0) is 18.2 Å². The second kappa shape index (κ2) is 7.87. The van der Waals surface area contributed by atoms with E-state index in [4.69, 9.17) is 9.40 Å². The van der Waals surface area contributed by atoms with E-state index in [1.165, 1.54) is 0 Å². The monoisotopic (exact) mass is 420 g/mol. The van der Waals surface area contributed by atoms with Gasteiger partial charge in [0.25, 0.3) is 5.91 Å². The molecule has 8 heteroatoms. The lowest BCUT2D eigenvalue weighted by atomic mass is 10.1. The topological polar surface area (TPSA) is 81.2 Å². The van der Waals surface area contributed by atoms with Crippen LogP contribution in [0.5, 0.6) is 0 Å². The SMILES string of the molecule is O=C(c1cc(-c2ccccc2)nc2c1cnn2Cc1ccco1)N1CCS(=O)CC1. The summed E-state index contributed by atoms with van der Waals surface area (Å²) in [4.78, 5) is 20.0. The highest BCUT2D eigenvalue weighted by atomic mass is 32.2. The van der Waals surface area contributed by atoms with Crippen molar-refractivity contribution in [3.8, 4) is 11.3 Å². The van der Waals surface area contributed by atoms with E-state index < -0.39 is 10.8 Å². The molecule has 0 unspecified atom stereocenters. The van der Waals surface area contributed by atoms with Crippen LogP contribution in [0.15, 0.2) is 65.4 Å². The first-order valence-corrected chi connectivity index (χ1v) is 11.3. The average Bonchev–Trinajstić information content (AvgIpc) is 3.44. The Labute approximate surface area is 175 Å². The van der Waals surface area contributed by atoms with Crippen molar-refractivity contribution in [3.63, 3.8) is 0 Å². The summed E-state index contributed by atoms with van der Waals surface area (Å²) < 4.78 is 18.9. The van der Waals surface area contributed by atoms with E-state index in [2.05, 4.69) is 5.10 Å². The van der Waals surface area contributed by atoms with E-state index in [0.29, 0.717) is 53.4 Å². The Balaban J connectivity index is 1.62. The molecule has 0 aliphatic carbocycles. The van der Waals surface area contributed by atoms with Crippen LogP contribution in [-0.4, -0.2) is 54.4 Å². The Kier molecular flexibility index (Phi) is 4.92. The molecule has 0 atom stereocenters. The molecule has 4 heterocycles. The van der Waals surface area contributed by atoms with Crippen molar-refractivity contribution < 1.29 is 13.4 Å². The maximum absolute atomic E-state index is 13.4. The van der Waals surface area contributed by atoms with Crippen molar-refractivity contribution in [2.45, 2.75) is 6.54 Å². The average molecular weight is 420 g/mol. The third kappa shape index (κ3) is 3.54. The third-order valence-electron chi connectivity index (χ3n) is 5.26. The molecule has 1 aliphatic rings. The highest BCUT2D eigenvalue weighted by Crippen LogP contribution is 2.26. The number of amides is 1. The fourth-order valence-corrected chi connectivity index (χ4v) is 4.71. The number of carbonyl (C=O) groups excluding carboxylic acids is 1. The maximum atomic E-state index is 13.4. The largest absolute Gasteiger partial charge is 0.467 e. The number of furan rings is 1. The van der Waals surface area contributed by atoms with Crippen LogP contribution in [0.25, 0.3) is 22.3 Å². The van der Waals surface area contributed by atoms with Gasteiger partial charge in [0.1, 0.15) is 12.3 Å². The first-order valence-electron chi connectivity index (χ1n) is 9.77. The lowest BCUT2D eigenvalue weighted by Crippen LogP contribution is -2.41. The first-order chi connectivity index (χ1) is 14.7. The van der Waals surface area contributed by atoms with Gasteiger partial charge in [-0.15, -0.1) is 0 Å². The fraction of sp³-hybridized carbons (Fsp3) is 0.227. The Hall–Kier alpha value is -3.26. The number of hydrogen-bond acceptors (Lipinski definition) is 5. The predicted octanol–water partition coefficient (Wildman–Crippen LogP) is 2.94. The van der Waals surface area contributed by atoms with Crippen LogP contribution in [0.1, 0.15) is 16.1 Å².